The average Bonchev–Trinajstić information content (AvgIpc) is 2.36. The second kappa shape index (κ2) is 4.72. The molecule has 88 valence electrons. The van der Waals surface area contributed by atoms with Gasteiger partial charge in [-0.2, -0.15) is 0 Å². The molecule has 2 aromatic rings. The van der Waals surface area contributed by atoms with Crippen molar-refractivity contribution in [2.45, 2.75) is 13.8 Å². The predicted molar refractivity (Wildman–Crippen MR) is 68.5 cm³/mol. The highest BCUT2D eigenvalue weighted by molar-refractivity contribution is 6.30. The molecule has 0 unspecified atom stereocenters. The Balaban J connectivity index is 2.49. The molecule has 0 aliphatic carbocycles. The van der Waals surface area contributed by atoms with Crippen molar-refractivity contribution >= 4 is 11.6 Å². The highest BCUT2D eigenvalue weighted by atomic mass is 35.5. The van der Waals surface area contributed by atoms with Crippen LogP contribution in [-0.4, -0.2) is 17.3 Å². The summed E-state index contributed by atoms with van der Waals surface area (Å²) >= 11 is 5.93. The van der Waals surface area contributed by atoms with E-state index in [1.165, 1.54) is 0 Å². The van der Waals surface area contributed by atoms with Gasteiger partial charge < -0.3 is 4.74 Å². The van der Waals surface area contributed by atoms with Gasteiger partial charge in [-0.1, -0.05) is 11.6 Å². The monoisotopic (exact) mass is 248 g/mol. The summed E-state index contributed by atoms with van der Waals surface area (Å²) in [7, 11) is 1.65. The molecule has 4 heteroatoms. The van der Waals surface area contributed by atoms with Gasteiger partial charge in [0.05, 0.1) is 12.8 Å². The van der Waals surface area contributed by atoms with Crippen molar-refractivity contribution < 1.29 is 4.74 Å². The van der Waals surface area contributed by atoms with Gasteiger partial charge in [0.1, 0.15) is 5.75 Å². The largest absolute Gasteiger partial charge is 0.497 e. The van der Waals surface area contributed by atoms with Gasteiger partial charge >= 0.3 is 0 Å². The smallest absolute Gasteiger partial charge is 0.154 e. The number of hydrogen-bond donors (Lipinski definition) is 0. The average molecular weight is 249 g/mol. The van der Waals surface area contributed by atoms with Crippen LogP contribution in [0.1, 0.15) is 11.1 Å². The van der Waals surface area contributed by atoms with Crippen molar-refractivity contribution in [3.8, 4) is 17.0 Å². The minimum Gasteiger partial charge on any atom is -0.497 e. The van der Waals surface area contributed by atoms with Gasteiger partial charge in [-0.15, -0.1) is 10.2 Å². The van der Waals surface area contributed by atoms with Crippen LogP contribution in [-0.2, 0) is 0 Å². The Hall–Kier alpha value is -1.61. The van der Waals surface area contributed by atoms with E-state index in [2.05, 4.69) is 10.2 Å². The van der Waals surface area contributed by atoms with Gasteiger partial charge in [0, 0.05) is 5.56 Å². The van der Waals surface area contributed by atoms with E-state index in [-0.39, 0.29) is 0 Å². The summed E-state index contributed by atoms with van der Waals surface area (Å²) in [6.45, 7) is 3.94. The molecule has 1 heterocycles. The van der Waals surface area contributed by atoms with Crippen molar-refractivity contribution in [3.05, 3.63) is 40.5 Å². The molecule has 0 saturated heterocycles. The quantitative estimate of drug-likeness (QED) is 0.817. The van der Waals surface area contributed by atoms with Gasteiger partial charge in [-0.05, 0) is 49.2 Å². The van der Waals surface area contributed by atoms with Crippen LogP contribution < -0.4 is 4.74 Å². The lowest BCUT2D eigenvalue weighted by molar-refractivity contribution is 0.415. The third kappa shape index (κ3) is 2.24. The van der Waals surface area contributed by atoms with Gasteiger partial charge in [0.15, 0.2) is 5.15 Å². The molecule has 1 aromatic carbocycles. The topological polar surface area (TPSA) is 35.0 Å². The summed E-state index contributed by atoms with van der Waals surface area (Å²) in [5.41, 5.74) is 3.88. The van der Waals surface area contributed by atoms with E-state index in [9.17, 15) is 0 Å². The second-order valence-corrected chi connectivity index (χ2v) is 4.18. The Morgan fingerprint density at radius 1 is 1.00 bits per heavy atom. The molecule has 2 rings (SSSR count). The lowest BCUT2D eigenvalue weighted by Crippen LogP contribution is -1.96. The van der Waals surface area contributed by atoms with Crippen LogP contribution in [0.5, 0.6) is 5.75 Å². The molecular formula is C13H13ClN2O. The van der Waals surface area contributed by atoms with E-state index in [1.807, 2.05) is 38.1 Å². The molecule has 0 bridgehead atoms. The van der Waals surface area contributed by atoms with E-state index >= 15 is 0 Å². The molecule has 0 aliphatic rings. The maximum atomic E-state index is 5.93. The Kier molecular flexibility index (Phi) is 3.29. The molecule has 0 amide bonds. The predicted octanol–water partition coefficient (Wildman–Crippen LogP) is 3.42. The molecule has 1 aromatic heterocycles. The fourth-order valence-corrected chi connectivity index (χ4v) is 1.78. The van der Waals surface area contributed by atoms with E-state index in [1.54, 1.807) is 7.11 Å². The number of ether oxygens (including phenoxy) is 1. The first-order chi connectivity index (χ1) is 8.13. The minimum absolute atomic E-state index is 0.458. The molecule has 0 fully saturated rings. The van der Waals surface area contributed by atoms with E-state index in [0.717, 1.165) is 28.1 Å². The molecular weight excluding hydrogens is 236 g/mol. The number of rotatable bonds is 2. The van der Waals surface area contributed by atoms with Crippen molar-refractivity contribution in [1.29, 1.82) is 0 Å². The number of nitrogens with zero attached hydrogens (tertiary/aromatic N) is 2. The third-order valence-corrected chi connectivity index (χ3v) is 3.19. The van der Waals surface area contributed by atoms with Crippen LogP contribution in [0.3, 0.4) is 0 Å². The Morgan fingerprint density at radius 2 is 1.65 bits per heavy atom. The Morgan fingerprint density at radius 3 is 2.24 bits per heavy atom. The molecule has 0 N–H and O–H groups in total. The van der Waals surface area contributed by atoms with Crippen LogP contribution >= 0.6 is 11.6 Å². The van der Waals surface area contributed by atoms with Gasteiger partial charge in [-0.25, -0.2) is 0 Å². The standard InChI is InChI=1S/C13H13ClN2O/c1-8-9(2)13(14)16-15-12(8)10-4-6-11(17-3)7-5-10/h4-7H,1-3H3. The summed E-state index contributed by atoms with van der Waals surface area (Å²) < 4.78 is 5.12. The molecule has 0 saturated carbocycles. The zero-order valence-corrected chi connectivity index (χ0v) is 10.7. The van der Waals surface area contributed by atoms with Crippen molar-refractivity contribution in [2.24, 2.45) is 0 Å². The number of aromatic nitrogens is 2. The SMILES string of the molecule is COc1ccc(-c2nnc(Cl)c(C)c2C)cc1. The lowest BCUT2D eigenvalue weighted by Gasteiger charge is -2.08. The number of benzene rings is 1. The number of methoxy groups -OCH3 is 1. The zero-order chi connectivity index (χ0) is 12.4. The fraction of sp³-hybridized carbons (Fsp3) is 0.231. The summed E-state index contributed by atoms with van der Waals surface area (Å²) in [5.74, 6) is 0.824. The third-order valence-electron chi connectivity index (χ3n) is 2.83. The van der Waals surface area contributed by atoms with Crippen LogP contribution in [0.4, 0.5) is 0 Å². The van der Waals surface area contributed by atoms with E-state index in [0.29, 0.717) is 5.15 Å². The molecule has 0 aliphatic heterocycles. The Labute approximate surface area is 105 Å². The van der Waals surface area contributed by atoms with Gasteiger partial charge in [-0.3, -0.25) is 0 Å². The van der Waals surface area contributed by atoms with Crippen LogP contribution in [0.2, 0.25) is 5.15 Å². The van der Waals surface area contributed by atoms with Crippen molar-refractivity contribution in [1.82, 2.24) is 10.2 Å². The minimum atomic E-state index is 0.458. The molecule has 3 nitrogen and oxygen atoms in total. The lowest BCUT2D eigenvalue weighted by atomic mass is 10.0. The summed E-state index contributed by atoms with van der Waals surface area (Å²) in [6.07, 6.45) is 0. The zero-order valence-electron chi connectivity index (χ0n) is 9.99. The highest BCUT2D eigenvalue weighted by Gasteiger charge is 2.09. The van der Waals surface area contributed by atoms with Crippen LogP contribution in [0.25, 0.3) is 11.3 Å². The van der Waals surface area contributed by atoms with Crippen LogP contribution in [0.15, 0.2) is 24.3 Å². The Bertz CT molecular complexity index is 538. The second-order valence-electron chi connectivity index (χ2n) is 3.82. The highest BCUT2D eigenvalue weighted by Crippen LogP contribution is 2.26. The maximum absolute atomic E-state index is 5.93. The van der Waals surface area contributed by atoms with Crippen molar-refractivity contribution in [2.75, 3.05) is 7.11 Å². The first-order valence-corrected chi connectivity index (χ1v) is 5.65. The van der Waals surface area contributed by atoms with Crippen LogP contribution in [0, 0.1) is 13.8 Å². The number of hydrogen-bond acceptors (Lipinski definition) is 3. The summed E-state index contributed by atoms with van der Waals surface area (Å²) in [6, 6.07) is 7.73. The van der Waals surface area contributed by atoms with E-state index in [4.69, 9.17) is 16.3 Å². The van der Waals surface area contributed by atoms with Crippen molar-refractivity contribution in [3.63, 3.8) is 0 Å². The number of halogens is 1. The maximum Gasteiger partial charge on any atom is 0.154 e. The van der Waals surface area contributed by atoms with E-state index < -0.39 is 0 Å². The normalized spacial score (nSPS) is 10.4. The molecule has 0 atom stereocenters. The first kappa shape index (κ1) is 11.9. The summed E-state index contributed by atoms with van der Waals surface area (Å²) in [4.78, 5) is 0. The first-order valence-electron chi connectivity index (χ1n) is 5.27. The fourth-order valence-electron chi connectivity index (χ4n) is 1.60. The van der Waals surface area contributed by atoms with Gasteiger partial charge in [0.2, 0.25) is 0 Å². The van der Waals surface area contributed by atoms with Gasteiger partial charge in [0.25, 0.3) is 0 Å². The molecule has 0 radical (unpaired) electrons. The molecule has 17 heavy (non-hydrogen) atoms. The molecule has 0 spiro atoms. The summed E-state index contributed by atoms with van der Waals surface area (Å²) in [5, 5.41) is 8.54.